The van der Waals surface area contributed by atoms with E-state index >= 15 is 0 Å². The lowest BCUT2D eigenvalue weighted by Crippen LogP contribution is -2.29. The largest absolute Gasteiger partial charge is 0.409 e. The zero-order chi connectivity index (χ0) is 11.7. The molecule has 0 bridgehead atoms. The van der Waals surface area contributed by atoms with Gasteiger partial charge in [-0.15, -0.1) is 0 Å². The van der Waals surface area contributed by atoms with Gasteiger partial charge in [0.15, 0.2) is 0 Å². The van der Waals surface area contributed by atoms with Gasteiger partial charge in [-0.2, -0.15) is 0 Å². The second-order valence-corrected chi connectivity index (χ2v) is 3.63. The Morgan fingerprint density at radius 2 is 2.13 bits per heavy atom. The first-order valence-electron chi connectivity index (χ1n) is 4.94. The summed E-state index contributed by atoms with van der Waals surface area (Å²) in [6, 6.07) is 0. The normalized spacial score (nSPS) is 11.8. The van der Waals surface area contributed by atoms with E-state index in [0.29, 0.717) is 6.54 Å². The van der Waals surface area contributed by atoms with Gasteiger partial charge in [0.1, 0.15) is 5.84 Å². The number of amidine groups is 1. The third-order valence-corrected chi connectivity index (χ3v) is 1.82. The third-order valence-electron chi connectivity index (χ3n) is 1.82. The van der Waals surface area contributed by atoms with Gasteiger partial charge in [-0.3, -0.25) is 4.79 Å². The van der Waals surface area contributed by atoms with Crippen LogP contribution >= 0.6 is 0 Å². The van der Waals surface area contributed by atoms with Crippen molar-refractivity contribution in [2.24, 2.45) is 10.9 Å². The Hall–Kier alpha value is -1.30. The SMILES string of the molecule is CN(C)CCCCNC(=O)CC(N)=NO. The van der Waals surface area contributed by atoms with E-state index < -0.39 is 0 Å². The molecule has 0 saturated heterocycles. The van der Waals surface area contributed by atoms with Crippen molar-refractivity contribution in [1.29, 1.82) is 0 Å². The molecule has 0 aromatic carbocycles. The monoisotopic (exact) mass is 216 g/mol. The van der Waals surface area contributed by atoms with Crippen LogP contribution in [0.25, 0.3) is 0 Å². The quantitative estimate of drug-likeness (QED) is 0.177. The zero-order valence-electron chi connectivity index (χ0n) is 9.36. The molecule has 0 aromatic rings. The molecule has 1 amide bonds. The highest BCUT2D eigenvalue weighted by atomic mass is 16.4. The first-order chi connectivity index (χ1) is 7.06. The number of nitrogens with two attached hydrogens (primary N) is 1. The summed E-state index contributed by atoms with van der Waals surface area (Å²) in [4.78, 5) is 13.2. The lowest BCUT2D eigenvalue weighted by atomic mass is 10.3. The van der Waals surface area contributed by atoms with Crippen molar-refractivity contribution >= 4 is 11.7 Å². The van der Waals surface area contributed by atoms with E-state index in [9.17, 15) is 4.79 Å². The molecule has 88 valence electrons. The fourth-order valence-corrected chi connectivity index (χ4v) is 1.04. The van der Waals surface area contributed by atoms with Crippen LogP contribution in [0.1, 0.15) is 19.3 Å². The molecule has 0 rings (SSSR count). The molecule has 0 aliphatic heterocycles. The Kier molecular flexibility index (Phi) is 7.35. The highest BCUT2D eigenvalue weighted by molar-refractivity contribution is 5.98. The van der Waals surface area contributed by atoms with E-state index in [1.54, 1.807) is 0 Å². The van der Waals surface area contributed by atoms with Crippen molar-refractivity contribution in [2.75, 3.05) is 27.2 Å². The maximum Gasteiger partial charge on any atom is 0.227 e. The summed E-state index contributed by atoms with van der Waals surface area (Å²) in [5.74, 6) is -0.282. The molecule has 0 atom stereocenters. The summed E-state index contributed by atoms with van der Waals surface area (Å²) < 4.78 is 0. The fourth-order valence-electron chi connectivity index (χ4n) is 1.04. The Labute approximate surface area is 90.1 Å². The topological polar surface area (TPSA) is 91.0 Å². The van der Waals surface area contributed by atoms with Gasteiger partial charge < -0.3 is 21.2 Å². The van der Waals surface area contributed by atoms with E-state index in [-0.39, 0.29) is 18.2 Å². The molecule has 0 spiro atoms. The zero-order valence-corrected chi connectivity index (χ0v) is 9.36. The van der Waals surface area contributed by atoms with Gasteiger partial charge in [0.05, 0.1) is 6.42 Å². The minimum atomic E-state index is -0.213. The molecule has 0 radical (unpaired) electrons. The van der Waals surface area contributed by atoms with Crippen LogP contribution in [0.4, 0.5) is 0 Å². The van der Waals surface area contributed by atoms with Crippen LogP contribution in [0.2, 0.25) is 0 Å². The summed E-state index contributed by atoms with van der Waals surface area (Å²) in [5.41, 5.74) is 5.18. The van der Waals surface area contributed by atoms with E-state index in [1.165, 1.54) is 0 Å². The maximum atomic E-state index is 11.1. The molecule has 6 nitrogen and oxygen atoms in total. The highest BCUT2D eigenvalue weighted by Crippen LogP contribution is 1.89. The van der Waals surface area contributed by atoms with Crippen LogP contribution in [0.3, 0.4) is 0 Å². The number of amides is 1. The number of nitrogens with zero attached hydrogens (tertiary/aromatic N) is 2. The van der Waals surface area contributed by atoms with Gasteiger partial charge in [0.2, 0.25) is 5.91 Å². The third kappa shape index (κ3) is 9.01. The number of nitrogens with one attached hydrogen (secondary N) is 1. The smallest absolute Gasteiger partial charge is 0.227 e. The second-order valence-electron chi connectivity index (χ2n) is 3.63. The minimum absolute atomic E-state index is 0.0514. The van der Waals surface area contributed by atoms with Crippen LogP contribution in [0.5, 0.6) is 0 Å². The average Bonchev–Trinajstić information content (AvgIpc) is 2.16. The van der Waals surface area contributed by atoms with Crippen molar-refractivity contribution in [3.63, 3.8) is 0 Å². The lowest BCUT2D eigenvalue weighted by Gasteiger charge is -2.09. The number of hydrogen-bond donors (Lipinski definition) is 3. The van der Waals surface area contributed by atoms with E-state index in [4.69, 9.17) is 10.9 Å². The first-order valence-corrected chi connectivity index (χ1v) is 4.94. The van der Waals surface area contributed by atoms with Crippen molar-refractivity contribution in [2.45, 2.75) is 19.3 Å². The number of carbonyl (C=O) groups excluding carboxylic acids is 1. The molecule has 0 aliphatic rings. The fraction of sp³-hybridized carbons (Fsp3) is 0.778. The number of oxime groups is 1. The minimum Gasteiger partial charge on any atom is -0.409 e. The molecule has 0 aromatic heterocycles. The Morgan fingerprint density at radius 1 is 1.47 bits per heavy atom. The second kappa shape index (κ2) is 8.05. The Morgan fingerprint density at radius 3 is 2.67 bits per heavy atom. The van der Waals surface area contributed by atoms with Crippen LogP contribution < -0.4 is 11.1 Å². The Bertz CT molecular complexity index is 216. The van der Waals surface area contributed by atoms with Crippen molar-refractivity contribution < 1.29 is 10.0 Å². The van der Waals surface area contributed by atoms with Gasteiger partial charge in [-0.1, -0.05) is 5.16 Å². The summed E-state index contributed by atoms with van der Waals surface area (Å²) in [6.07, 6.45) is 1.92. The standard InChI is InChI=1S/C9H20N4O2/c1-13(2)6-4-3-5-11-9(14)7-8(10)12-15/h15H,3-7H2,1-2H3,(H2,10,12)(H,11,14). The van der Waals surface area contributed by atoms with Gasteiger partial charge in [0, 0.05) is 6.54 Å². The number of unbranched alkanes of at least 4 members (excludes halogenated alkanes) is 1. The van der Waals surface area contributed by atoms with Gasteiger partial charge in [-0.25, -0.2) is 0 Å². The molecular formula is C9H20N4O2. The molecule has 0 unspecified atom stereocenters. The van der Waals surface area contributed by atoms with E-state index in [0.717, 1.165) is 19.4 Å². The van der Waals surface area contributed by atoms with Crippen LogP contribution in [-0.4, -0.2) is 49.0 Å². The van der Waals surface area contributed by atoms with Crippen molar-refractivity contribution in [3.8, 4) is 0 Å². The lowest BCUT2D eigenvalue weighted by molar-refractivity contribution is -0.119. The number of carbonyl (C=O) groups is 1. The molecule has 4 N–H and O–H groups in total. The molecule has 0 saturated carbocycles. The number of rotatable bonds is 7. The van der Waals surface area contributed by atoms with Crippen molar-refractivity contribution in [1.82, 2.24) is 10.2 Å². The Balaban J connectivity index is 3.40. The van der Waals surface area contributed by atoms with Crippen LogP contribution in [0, 0.1) is 0 Å². The summed E-state index contributed by atoms with van der Waals surface area (Å²) in [7, 11) is 4.02. The van der Waals surface area contributed by atoms with Gasteiger partial charge in [-0.05, 0) is 33.5 Å². The molecule has 15 heavy (non-hydrogen) atoms. The van der Waals surface area contributed by atoms with E-state index in [1.807, 2.05) is 14.1 Å². The molecule has 0 heterocycles. The predicted molar refractivity (Wildman–Crippen MR) is 58.8 cm³/mol. The molecule has 0 aliphatic carbocycles. The molecule has 6 heteroatoms. The predicted octanol–water partition coefficient (Wildman–Crippen LogP) is -0.419. The van der Waals surface area contributed by atoms with Crippen molar-refractivity contribution in [3.05, 3.63) is 0 Å². The van der Waals surface area contributed by atoms with Crippen LogP contribution in [0.15, 0.2) is 5.16 Å². The summed E-state index contributed by atoms with van der Waals surface area (Å²) >= 11 is 0. The molecule has 0 fully saturated rings. The maximum absolute atomic E-state index is 11.1. The average molecular weight is 216 g/mol. The summed E-state index contributed by atoms with van der Waals surface area (Å²) in [5, 5.41) is 13.6. The highest BCUT2D eigenvalue weighted by Gasteiger charge is 2.03. The van der Waals surface area contributed by atoms with Crippen LogP contribution in [-0.2, 0) is 4.79 Å². The first kappa shape index (κ1) is 13.7. The molecular weight excluding hydrogens is 196 g/mol. The van der Waals surface area contributed by atoms with Gasteiger partial charge >= 0.3 is 0 Å². The summed E-state index contributed by atoms with van der Waals surface area (Å²) in [6.45, 7) is 1.64. The van der Waals surface area contributed by atoms with Gasteiger partial charge in [0.25, 0.3) is 0 Å². The number of hydrogen-bond acceptors (Lipinski definition) is 4. The van der Waals surface area contributed by atoms with E-state index in [2.05, 4.69) is 15.4 Å².